The Morgan fingerprint density at radius 1 is 0.926 bits per heavy atom. The summed E-state index contributed by atoms with van der Waals surface area (Å²) < 4.78 is 18.5. The van der Waals surface area contributed by atoms with E-state index < -0.39 is 0 Å². The second-order valence-corrected chi connectivity index (χ2v) is 6.17. The van der Waals surface area contributed by atoms with E-state index >= 15 is 0 Å². The van der Waals surface area contributed by atoms with Gasteiger partial charge in [-0.15, -0.1) is 0 Å². The molecule has 0 fully saturated rings. The predicted molar refractivity (Wildman–Crippen MR) is 99.7 cm³/mol. The average molecular weight is 358 g/mol. The summed E-state index contributed by atoms with van der Waals surface area (Å²) in [5.41, 5.74) is 3.35. The first-order valence-corrected chi connectivity index (χ1v) is 8.42. The molecule has 0 aliphatic rings. The molecular weight excluding hydrogens is 343 g/mol. The number of aromatic nitrogens is 2. The second-order valence-electron chi connectivity index (χ2n) is 6.17. The quantitative estimate of drug-likeness (QED) is 0.477. The Morgan fingerprint density at radius 3 is 2.37 bits per heavy atom. The van der Waals surface area contributed by atoms with Crippen LogP contribution in [0.3, 0.4) is 0 Å². The molecule has 1 heterocycles. The number of aryl methyl sites for hydroxylation is 1. The molecule has 4 aromatic rings. The maximum Gasteiger partial charge on any atom is 0.258 e. The van der Waals surface area contributed by atoms with Crippen LogP contribution in [0.15, 0.2) is 77.3 Å². The van der Waals surface area contributed by atoms with E-state index in [0.29, 0.717) is 28.1 Å². The van der Waals surface area contributed by atoms with Crippen molar-refractivity contribution in [2.45, 2.75) is 6.92 Å². The average Bonchev–Trinajstić information content (AvgIpc) is 3.19. The van der Waals surface area contributed by atoms with E-state index in [2.05, 4.69) is 10.1 Å². The third kappa shape index (κ3) is 3.40. The maximum absolute atomic E-state index is 13.1. The number of ketones is 1. The number of hydrogen-bond donors (Lipinski definition) is 0. The molecule has 0 radical (unpaired) electrons. The Bertz CT molecular complexity index is 1100. The van der Waals surface area contributed by atoms with Crippen LogP contribution in [0, 0.1) is 12.7 Å². The third-order valence-corrected chi connectivity index (χ3v) is 4.24. The molecule has 0 N–H and O–H groups in total. The number of carbonyl (C=O) groups excluding carboxylic acids is 1. The summed E-state index contributed by atoms with van der Waals surface area (Å²) in [4.78, 5) is 17.3. The highest BCUT2D eigenvalue weighted by atomic mass is 19.1. The molecule has 0 unspecified atom stereocenters. The predicted octanol–water partition coefficient (Wildman–Crippen LogP) is 5.08. The molecular formula is C22H15FN2O2. The van der Waals surface area contributed by atoms with Crippen molar-refractivity contribution >= 4 is 5.78 Å². The minimum Gasteiger partial charge on any atom is -0.334 e. The van der Waals surface area contributed by atoms with Gasteiger partial charge in [0.05, 0.1) is 5.56 Å². The first-order valence-electron chi connectivity index (χ1n) is 8.42. The van der Waals surface area contributed by atoms with Crippen LogP contribution in [-0.4, -0.2) is 15.9 Å². The lowest BCUT2D eigenvalue weighted by molar-refractivity contribution is 0.103. The van der Waals surface area contributed by atoms with Crippen LogP contribution in [0.5, 0.6) is 0 Å². The topological polar surface area (TPSA) is 56.0 Å². The minimum absolute atomic E-state index is 0.118. The van der Waals surface area contributed by atoms with Gasteiger partial charge in [-0.1, -0.05) is 53.2 Å². The lowest BCUT2D eigenvalue weighted by Crippen LogP contribution is -2.03. The summed E-state index contributed by atoms with van der Waals surface area (Å²) in [5.74, 6) is 0.122. The van der Waals surface area contributed by atoms with E-state index in [4.69, 9.17) is 4.52 Å². The van der Waals surface area contributed by atoms with Crippen LogP contribution in [0.1, 0.15) is 21.5 Å². The molecule has 27 heavy (non-hydrogen) atoms. The zero-order valence-electron chi connectivity index (χ0n) is 14.5. The van der Waals surface area contributed by atoms with Crippen LogP contribution in [-0.2, 0) is 0 Å². The lowest BCUT2D eigenvalue weighted by Gasteiger charge is -2.05. The Labute approximate surface area is 155 Å². The molecule has 3 aromatic carbocycles. The number of rotatable bonds is 4. The largest absolute Gasteiger partial charge is 0.334 e. The van der Waals surface area contributed by atoms with Crippen molar-refractivity contribution in [1.82, 2.24) is 10.1 Å². The van der Waals surface area contributed by atoms with Gasteiger partial charge in [0.1, 0.15) is 5.82 Å². The van der Waals surface area contributed by atoms with Crippen LogP contribution in [0.2, 0.25) is 0 Å². The van der Waals surface area contributed by atoms with Crippen molar-refractivity contribution in [2.75, 3.05) is 0 Å². The number of benzene rings is 3. The molecule has 0 saturated carbocycles. The summed E-state index contributed by atoms with van der Waals surface area (Å²) in [5, 5.41) is 3.96. The standard InChI is InChI=1S/C22H15FN2O2/c1-14-6-8-15(9-7-14)20(26)18-4-2-3-5-19(18)22-24-21(25-27-22)16-10-12-17(23)13-11-16/h2-13H,1H3. The molecule has 0 amide bonds. The zero-order chi connectivity index (χ0) is 18.8. The number of carbonyl (C=O) groups is 1. The minimum atomic E-state index is -0.337. The molecule has 0 aliphatic heterocycles. The second kappa shape index (κ2) is 6.96. The Balaban J connectivity index is 1.72. The molecule has 0 bridgehead atoms. The summed E-state index contributed by atoms with van der Waals surface area (Å²) in [6, 6.07) is 20.3. The van der Waals surface area contributed by atoms with Gasteiger partial charge in [-0.3, -0.25) is 4.79 Å². The Morgan fingerprint density at radius 2 is 1.63 bits per heavy atom. The van der Waals surface area contributed by atoms with Crippen molar-refractivity contribution in [2.24, 2.45) is 0 Å². The summed E-state index contributed by atoms with van der Waals surface area (Å²) in [7, 11) is 0. The smallest absolute Gasteiger partial charge is 0.258 e. The third-order valence-electron chi connectivity index (χ3n) is 4.24. The Hall–Kier alpha value is -3.60. The van der Waals surface area contributed by atoms with Gasteiger partial charge in [0, 0.05) is 16.7 Å². The van der Waals surface area contributed by atoms with Gasteiger partial charge in [0.25, 0.3) is 5.89 Å². The molecule has 0 atom stereocenters. The van der Waals surface area contributed by atoms with Crippen LogP contribution >= 0.6 is 0 Å². The number of hydrogen-bond acceptors (Lipinski definition) is 4. The van der Waals surface area contributed by atoms with Crippen LogP contribution in [0.4, 0.5) is 4.39 Å². The highest BCUT2D eigenvalue weighted by Gasteiger charge is 2.19. The van der Waals surface area contributed by atoms with Crippen molar-refractivity contribution in [1.29, 1.82) is 0 Å². The zero-order valence-corrected chi connectivity index (χ0v) is 14.5. The van der Waals surface area contributed by atoms with Crippen LogP contribution < -0.4 is 0 Å². The van der Waals surface area contributed by atoms with Crippen LogP contribution in [0.25, 0.3) is 22.8 Å². The highest BCUT2D eigenvalue weighted by Crippen LogP contribution is 2.27. The number of nitrogens with zero attached hydrogens (tertiary/aromatic N) is 2. The van der Waals surface area contributed by atoms with Gasteiger partial charge in [0.2, 0.25) is 5.82 Å². The first-order chi connectivity index (χ1) is 13.1. The highest BCUT2D eigenvalue weighted by molar-refractivity contribution is 6.12. The summed E-state index contributed by atoms with van der Waals surface area (Å²) in [6.45, 7) is 1.97. The van der Waals surface area contributed by atoms with Gasteiger partial charge in [-0.2, -0.15) is 4.98 Å². The molecule has 0 aliphatic carbocycles. The van der Waals surface area contributed by atoms with E-state index in [9.17, 15) is 9.18 Å². The molecule has 5 heteroatoms. The van der Waals surface area contributed by atoms with Gasteiger partial charge in [-0.05, 0) is 37.3 Å². The molecule has 132 valence electrons. The van der Waals surface area contributed by atoms with E-state index in [0.717, 1.165) is 5.56 Å². The van der Waals surface area contributed by atoms with E-state index in [1.807, 2.05) is 25.1 Å². The fourth-order valence-electron chi connectivity index (χ4n) is 2.78. The molecule has 0 saturated heterocycles. The lowest BCUT2D eigenvalue weighted by atomic mass is 9.97. The fraction of sp³-hybridized carbons (Fsp3) is 0.0455. The van der Waals surface area contributed by atoms with Crippen molar-refractivity contribution in [3.8, 4) is 22.8 Å². The number of halogens is 1. The molecule has 4 nitrogen and oxygen atoms in total. The van der Waals surface area contributed by atoms with Crippen molar-refractivity contribution in [3.63, 3.8) is 0 Å². The molecule has 1 aromatic heterocycles. The van der Waals surface area contributed by atoms with Gasteiger partial charge in [0.15, 0.2) is 5.78 Å². The van der Waals surface area contributed by atoms with Crippen molar-refractivity contribution < 1.29 is 13.7 Å². The van der Waals surface area contributed by atoms with Gasteiger partial charge >= 0.3 is 0 Å². The first kappa shape index (κ1) is 16.8. The van der Waals surface area contributed by atoms with Gasteiger partial charge in [-0.25, -0.2) is 4.39 Å². The molecule has 0 spiro atoms. The van der Waals surface area contributed by atoms with E-state index in [-0.39, 0.29) is 17.5 Å². The van der Waals surface area contributed by atoms with Crippen molar-refractivity contribution in [3.05, 3.63) is 95.3 Å². The normalized spacial score (nSPS) is 10.7. The van der Waals surface area contributed by atoms with E-state index in [1.54, 1.807) is 42.5 Å². The fourth-order valence-corrected chi connectivity index (χ4v) is 2.78. The maximum atomic E-state index is 13.1. The monoisotopic (exact) mass is 358 g/mol. The summed E-state index contributed by atoms with van der Waals surface area (Å²) >= 11 is 0. The SMILES string of the molecule is Cc1ccc(C(=O)c2ccccc2-c2nc(-c3ccc(F)cc3)no2)cc1. The van der Waals surface area contributed by atoms with Gasteiger partial charge < -0.3 is 4.52 Å². The van der Waals surface area contributed by atoms with E-state index in [1.165, 1.54) is 12.1 Å². The summed E-state index contributed by atoms with van der Waals surface area (Å²) in [6.07, 6.45) is 0. The molecule has 4 rings (SSSR count). The Kier molecular flexibility index (Phi) is 4.34.